The Labute approximate surface area is 190 Å². The number of amides is 1. The molecule has 4 aliphatic carbocycles. The lowest BCUT2D eigenvalue weighted by atomic mass is 9.45. The second kappa shape index (κ2) is 6.66. The Hall–Kier alpha value is -1.72. The number of carbonyl (C=O) groups excluding carboxylic acids is 2. The highest BCUT2D eigenvalue weighted by Gasteiger charge is 2.67. The van der Waals surface area contributed by atoms with Gasteiger partial charge in [-0.1, -0.05) is 32.0 Å². The van der Waals surface area contributed by atoms with Crippen LogP contribution in [0.15, 0.2) is 24.3 Å². The second-order valence-electron chi connectivity index (χ2n) is 12.0. The summed E-state index contributed by atoms with van der Waals surface area (Å²) in [6.07, 6.45) is 7.41. The smallest absolute Gasteiger partial charge is 0.261 e. The van der Waals surface area contributed by atoms with E-state index in [1.165, 1.54) is 0 Å². The zero-order chi connectivity index (χ0) is 22.5. The Balaban J connectivity index is 1.35. The number of hydrogen-bond donors (Lipinski definition) is 3. The van der Waals surface area contributed by atoms with Gasteiger partial charge >= 0.3 is 0 Å². The van der Waals surface area contributed by atoms with E-state index in [2.05, 4.69) is 19.2 Å². The van der Waals surface area contributed by atoms with Crippen LogP contribution in [0.5, 0.6) is 0 Å². The molecule has 0 spiro atoms. The van der Waals surface area contributed by atoms with Crippen LogP contribution in [0.4, 0.5) is 5.69 Å². The van der Waals surface area contributed by atoms with E-state index in [1.54, 1.807) is 12.1 Å². The van der Waals surface area contributed by atoms with Crippen molar-refractivity contribution in [3.05, 3.63) is 29.8 Å². The van der Waals surface area contributed by atoms with Crippen LogP contribution in [0.2, 0.25) is 0 Å². The molecule has 0 unspecified atom stereocenters. The summed E-state index contributed by atoms with van der Waals surface area (Å²) in [6.45, 7) is 4.54. The van der Waals surface area contributed by atoms with Crippen LogP contribution in [-0.4, -0.2) is 28.0 Å². The fraction of sp³-hybridized carbons (Fsp3) is 0.704. The van der Waals surface area contributed by atoms with Gasteiger partial charge in [-0.2, -0.15) is 0 Å². The predicted octanol–water partition coefficient (Wildman–Crippen LogP) is 4.03. The quantitative estimate of drug-likeness (QED) is 0.619. The van der Waals surface area contributed by atoms with Crippen molar-refractivity contribution >= 4 is 17.4 Å². The summed E-state index contributed by atoms with van der Waals surface area (Å²) in [7, 11) is 0. The van der Waals surface area contributed by atoms with Crippen molar-refractivity contribution in [3.63, 3.8) is 0 Å². The van der Waals surface area contributed by atoms with E-state index in [0.717, 1.165) is 44.9 Å². The number of aliphatic hydroxyl groups excluding tert-OH is 1. The maximum absolute atomic E-state index is 13.9. The maximum atomic E-state index is 13.9. The van der Waals surface area contributed by atoms with Gasteiger partial charge in [-0.05, 0) is 86.5 Å². The Kier molecular flexibility index (Phi) is 4.34. The first-order chi connectivity index (χ1) is 15.2. The number of benzene rings is 1. The molecule has 1 amide bonds. The molecular formula is C27H35NO4. The Morgan fingerprint density at radius 3 is 2.56 bits per heavy atom. The number of fused-ring (bicyclic) bond motifs is 6. The summed E-state index contributed by atoms with van der Waals surface area (Å²) < 4.78 is 0. The molecule has 4 saturated carbocycles. The predicted molar refractivity (Wildman–Crippen MR) is 121 cm³/mol. The molecular weight excluding hydrogens is 402 g/mol. The topological polar surface area (TPSA) is 86.6 Å². The lowest BCUT2D eigenvalue weighted by Crippen LogP contribution is -2.54. The van der Waals surface area contributed by atoms with Crippen molar-refractivity contribution in [2.45, 2.75) is 76.9 Å². The molecule has 1 aliphatic heterocycles. The molecule has 5 heteroatoms. The van der Waals surface area contributed by atoms with Gasteiger partial charge in [0, 0.05) is 16.7 Å². The number of Topliss-reactive ketones (excluding diaryl/α,β-unsaturated/α-hetero) is 1. The monoisotopic (exact) mass is 437 g/mol. The largest absolute Gasteiger partial charge is 0.393 e. The minimum atomic E-state index is -1.76. The van der Waals surface area contributed by atoms with Crippen molar-refractivity contribution in [2.75, 3.05) is 5.32 Å². The minimum absolute atomic E-state index is 0.0849. The van der Waals surface area contributed by atoms with E-state index in [1.807, 2.05) is 12.1 Å². The third-order valence-corrected chi connectivity index (χ3v) is 10.8. The average molecular weight is 438 g/mol. The van der Waals surface area contributed by atoms with Crippen molar-refractivity contribution in [1.29, 1.82) is 0 Å². The second-order valence-corrected chi connectivity index (χ2v) is 12.0. The van der Waals surface area contributed by atoms with Gasteiger partial charge in [0.2, 0.25) is 0 Å². The Morgan fingerprint density at radius 2 is 1.75 bits per heavy atom. The molecule has 5 aliphatic rings. The van der Waals surface area contributed by atoms with Crippen molar-refractivity contribution < 1.29 is 19.8 Å². The van der Waals surface area contributed by atoms with Crippen LogP contribution in [0.25, 0.3) is 0 Å². The molecule has 0 saturated heterocycles. The molecule has 6 rings (SSSR count). The lowest BCUT2D eigenvalue weighted by Gasteiger charge is -2.60. The van der Waals surface area contributed by atoms with E-state index in [4.69, 9.17) is 0 Å². The number of hydrogen-bond acceptors (Lipinski definition) is 4. The molecule has 1 aromatic carbocycles. The van der Waals surface area contributed by atoms with Gasteiger partial charge in [0.25, 0.3) is 5.91 Å². The zero-order valence-electron chi connectivity index (χ0n) is 19.1. The summed E-state index contributed by atoms with van der Waals surface area (Å²) >= 11 is 0. The van der Waals surface area contributed by atoms with Gasteiger partial charge in [-0.25, -0.2) is 0 Å². The van der Waals surface area contributed by atoms with Gasteiger partial charge in [0.1, 0.15) is 5.78 Å². The number of ketones is 1. The highest BCUT2D eigenvalue weighted by Crippen LogP contribution is 2.67. The standard InChI is InChI=1S/C27H35NO4/c1-25-11-9-16(29)13-15(25)7-8-17-18(25)10-12-26(2)20(17)14-21(23(26)30)27(32)19-5-3-4-6-22(19)28-24(27)31/h3-6,15-18,20-21,29,32H,7-14H2,1-2H3,(H,28,31)/t15-,16-,17-,18+,20+,21-,25-,26-,27-/m0/s1. The van der Waals surface area contributed by atoms with Gasteiger partial charge in [0.15, 0.2) is 5.60 Å². The van der Waals surface area contributed by atoms with Crippen LogP contribution in [0, 0.1) is 40.4 Å². The number of anilines is 1. The molecule has 1 heterocycles. The molecule has 0 radical (unpaired) electrons. The van der Waals surface area contributed by atoms with E-state index in [-0.39, 0.29) is 23.2 Å². The van der Waals surface area contributed by atoms with Gasteiger partial charge in [-0.3, -0.25) is 9.59 Å². The van der Waals surface area contributed by atoms with Crippen molar-refractivity contribution in [2.24, 2.45) is 40.4 Å². The average Bonchev–Trinajstić information content (AvgIpc) is 3.20. The fourth-order valence-electron chi connectivity index (χ4n) is 9.03. The number of rotatable bonds is 1. The summed E-state index contributed by atoms with van der Waals surface area (Å²) in [5, 5.41) is 24.8. The van der Waals surface area contributed by atoms with Crippen LogP contribution in [-0.2, 0) is 15.2 Å². The van der Waals surface area contributed by atoms with E-state index < -0.39 is 22.8 Å². The number of para-hydroxylation sites is 1. The molecule has 172 valence electrons. The van der Waals surface area contributed by atoms with Crippen LogP contribution in [0.1, 0.15) is 70.8 Å². The lowest BCUT2D eigenvalue weighted by molar-refractivity contribution is -0.151. The molecule has 5 nitrogen and oxygen atoms in total. The van der Waals surface area contributed by atoms with Gasteiger partial charge < -0.3 is 15.5 Å². The zero-order valence-corrected chi connectivity index (χ0v) is 19.1. The van der Waals surface area contributed by atoms with Crippen LogP contribution < -0.4 is 5.32 Å². The minimum Gasteiger partial charge on any atom is -0.393 e. The number of nitrogens with one attached hydrogen (secondary N) is 1. The first kappa shape index (κ1) is 20.9. The Morgan fingerprint density at radius 1 is 0.969 bits per heavy atom. The van der Waals surface area contributed by atoms with E-state index >= 15 is 0 Å². The molecule has 3 N–H and O–H groups in total. The first-order valence-electron chi connectivity index (χ1n) is 12.6. The molecule has 0 bridgehead atoms. The summed E-state index contributed by atoms with van der Waals surface area (Å²) in [4.78, 5) is 26.9. The highest BCUT2D eigenvalue weighted by molar-refractivity contribution is 6.09. The summed E-state index contributed by atoms with van der Waals surface area (Å²) in [6, 6.07) is 7.25. The number of carbonyl (C=O) groups is 2. The molecule has 0 aromatic heterocycles. The Bertz CT molecular complexity index is 992. The third kappa shape index (κ3) is 2.47. The first-order valence-corrected chi connectivity index (χ1v) is 12.6. The number of aliphatic hydroxyl groups is 2. The maximum Gasteiger partial charge on any atom is 0.261 e. The van der Waals surface area contributed by atoms with Crippen molar-refractivity contribution in [3.8, 4) is 0 Å². The van der Waals surface area contributed by atoms with Crippen LogP contribution >= 0.6 is 0 Å². The van der Waals surface area contributed by atoms with E-state index in [9.17, 15) is 19.8 Å². The van der Waals surface area contributed by atoms with Gasteiger partial charge in [0.05, 0.1) is 12.0 Å². The molecule has 9 atom stereocenters. The highest BCUT2D eigenvalue weighted by atomic mass is 16.3. The van der Waals surface area contributed by atoms with Crippen molar-refractivity contribution in [1.82, 2.24) is 0 Å². The summed E-state index contributed by atoms with van der Waals surface area (Å²) in [5.41, 5.74) is -0.812. The third-order valence-electron chi connectivity index (χ3n) is 10.8. The summed E-state index contributed by atoms with van der Waals surface area (Å²) in [5.74, 6) is 0.766. The molecule has 4 fully saturated rings. The van der Waals surface area contributed by atoms with E-state index in [0.29, 0.717) is 35.4 Å². The molecule has 32 heavy (non-hydrogen) atoms. The normalized spacial score (nSPS) is 49.6. The van der Waals surface area contributed by atoms with Gasteiger partial charge in [-0.15, -0.1) is 0 Å². The van der Waals surface area contributed by atoms with Crippen LogP contribution in [0.3, 0.4) is 0 Å². The SMILES string of the molecule is C[C@]12CC[C@H](O)C[C@@H]1CC[C@H]1[C@H]2CC[C@]2(C)C(=O)[C@@H]([C@]3(O)C(=O)Nc4ccccc43)C[C@H]12. The molecule has 1 aromatic rings. The fourth-order valence-corrected chi connectivity index (χ4v) is 9.03.